The molecular formula is C13H18ClFN2O2. The Labute approximate surface area is 118 Å². The molecule has 1 fully saturated rings. The van der Waals surface area contributed by atoms with Gasteiger partial charge in [-0.05, 0) is 32.0 Å². The first-order chi connectivity index (χ1) is 8.70. The number of ether oxygens (including phenoxy) is 1. The zero-order valence-electron chi connectivity index (χ0n) is 10.7. The summed E-state index contributed by atoms with van der Waals surface area (Å²) in [5, 5.41) is 5.93. The topological polar surface area (TPSA) is 50.4 Å². The molecule has 1 atom stereocenters. The Kier molecular flexibility index (Phi) is 6.05. The van der Waals surface area contributed by atoms with E-state index in [1.165, 1.54) is 18.2 Å². The summed E-state index contributed by atoms with van der Waals surface area (Å²) in [6.07, 6.45) is 0.830. The van der Waals surface area contributed by atoms with Crippen molar-refractivity contribution in [3.8, 4) is 5.75 Å². The van der Waals surface area contributed by atoms with Crippen molar-refractivity contribution in [1.29, 1.82) is 0 Å². The van der Waals surface area contributed by atoms with Crippen LogP contribution in [0.25, 0.3) is 0 Å². The van der Waals surface area contributed by atoms with Gasteiger partial charge in [-0.15, -0.1) is 12.4 Å². The third-order valence-corrected chi connectivity index (χ3v) is 2.93. The Balaban J connectivity index is 0.00000180. The number of amides is 1. The van der Waals surface area contributed by atoms with Crippen LogP contribution >= 0.6 is 12.4 Å². The van der Waals surface area contributed by atoms with Crippen molar-refractivity contribution in [3.63, 3.8) is 0 Å². The van der Waals surface area contributed by atoms with Gasteiger partial charge in [-0.25, -0.2) is 4.39 Å². The number of hydrogen-bond donors (Lipinski definition) is 2. The molecule has 0 aromatic heterocycles. The fraction of sp³-hybridized carbons (Fsp3) is 0.462. The van der Waals surface area contributed by atoms with Crippen LogP contribution in [0, 0.1) is 11.7 Å². The third-order valence-electron chi connectivity index (χ3n) is 2.93. The molecule has 1 aromatic rings. The first-order valence-electron chi connectivity index (χ1n) is 6.14. The van der Waals surface area contributed by atoms with Gasteiger partial charge in [0.05, 0.1) is 18.2 Å². The minimum absolute atomic E-state index is 0. The van der Waals surface area contributed by atoms with Gasteiger partial charge in [-0.2, -0.15) is 0 Å². The van der Waals surface area contributed by atoms with E-state index in [1.54, 1.807) is 0 Å². The smallest absolute Gasteiger partial charge is 0.228 e. The average Bonchev–Trinajstić information content (AvgIpc) is 2.86. The zero-order valence-corrected chi connectivity index (χ0v) is 11.6. The lowest BCUT2D eigenvalue weighted by Crippen LogP contribution is -2.24. The van der Waals surface area contributed by atoms with Crippen LogP contribution in [-0.4, -0.2) is 25.6 Å². The molecule has 4 nitrogen and oxygen atoms in total. The third kappa shape index (κ3) is 4.08. The minimum atomic E-state index is -0.376. The van der Waals surface area contributed by atoms with Crippen molar-refractivity contribution >= 4 is 24.0 Å². The summed E-state index contributed by atoms with van der Waals surface area (Å²) >= 11 is 0. The second-order valence-corrected chi connectivity index (χ2v) is 4.25. The van der Waals surface area contributed by atoms with Crippen LogP contribution in [0.2, 0.25) is 0 Å². The van der Waals surface area contributed by atoms with Crippen molar-refractivity contribution in [2.24, 2.45) is 5.92 Å². The van der Waals surface area contributed by atoms with E-state index in [4.69, 9.17) is 4.74 Å². The van der Waals surface area contributed by atoms with E-state index in [9.17, 15) is 9.18 Å². The second-order valence-electron chi connectivity index (χ2n) is 4.25. The lowest BCUT2D eigenvalue weighted by molar-refractivity contribution is -0.119. The van der Waals surface area contributed by atoms with Crippen LogP contribution in [-0.2, 0) is 4.79 Å². The summed E-state index contributed by atoms with van der Waals surface area (Å²) in [4.78, 5) is 12.0. The number of anilines is 1. The van der Waals surface area contributed by atoms with E-state index in [2.05, 4.69) is 10.6 Å². The highest BCUT2D eigenvalue weighted by molar-refractivity contribution is 5.94. The van der Waals surface area contributed by atoms with E-state index < -0.39 is 0 Å². The maximum absolute atomic E-state index is 13.1. The van der Waals surface area contributed by atoms with Crippen LogP contribution in [0.4, 0.5) is 10.1 Å². The van der Waals surface area contributed by atoms with E-state index in [0.29, 0.717) is 24.6 Å². The fourth-order valence-electron chi connectivity index (χ4n) is 1.99. The molecule has 1 aliphatic rings. The number of carbonyl (C=O) groups is 1. The summed E-state index contributed by atoms with van der Waals surface area (Å²) in [6.45, 7) is 3.80. The quantitative estimate of drug-likeness (QED) is 0.893. The van der Waals surface area contributed by atoms with Gasteiger partial charge < -0.3 is 15.4 Å². The SMILES string of the molecule is CCOc1cc(F)ccc1NC(=O)C1CCNC1.Cl. The lowest BCUT2D eigenvalue weighted by atomic mass is 10.1. The molecule has 0 aliphatic carbocycles. The van der Waals surface area contributed by atoms with Crippen molar-refractivity contribution < 1.29 is 13.9 Å². The standard InChI is InChI=1S/C13H17FN2O2.ClH/c1-2-18-12-7-10(14)3-4-11(12)16-13(17)9-5-6-15-8-9;/h3-4,7,9,15H,2,5-6,8H2,1H3,(H,16,17);1H. The molecule has 1 unspecified atom stereocenters. The Bertz CT molecular complexity index is 437. The van der Waals surface area contributed by atoms with E-state index in [-0.39, 0.29) is 30.0 Å². The highest BCUT2D eigenvalue weighted by Gasteiger charge is 2.23. The van der Waals surface area contributed by atoms with E-state index in [0.717, 1.165) is 13.0 Å². The summed E-state index contributed by atoms with van der Waals surface area (Å²) < 4.78 is 18.4. The molecule has 1 aromatic carbocycles. The molecule has 2 N–H and O–H groups in total. The molecular weight excluding hydrogens is 271 g/mol. The molecule has 0 radical (unpaired) electrons. The summed E-state index contributed by atoms with van der Waals surface area (Å²) in [5.74, 6) is -0.0760. The van der Waals surface area contributed by atoms with Crippen LogP contribution in [0.3, 0.4) is 0 Å². The van der Waals surface area contributed by atoms with Gasteiger partial charge in [-0.3, -0.25) is 4.79 Å². The molecule has 6 heteroatoms. The molecule has 2 rings (SSSR count). The summed E-state index contributed by atoms with van der Waals surface area (Å²) in [7, 11) is 0. The number of carbonyl (C=O) groups excluding carboxylic acids is 1. The van der Waals surface area contributed by atoms with Crippen LogP contribution in [0.15, 0.2) is 18.2 Å². The Morgan fingerprint density at radius 1 is 1.58 bits per heavy atom. The van der Waals surface area contributed by atoms with Gasteiger partial charge in [0.1, 0.15) is 11.6 Å². The van der Waals surface area contributed by atoms with Gasteiger partial charge >= 0.3 is 0 Å². The van der Waals surface area contributed by atoms with Gasteiger partial charge in [0.25, 0.3) is 0 Å². The van der Waals surface area contributed by atoms with Crippen molar-refractivity contribution in [1.82, 2.24) is 5.32 Å². The Morgan fingerprint density at radius 3 is 3.00 bits per heavy atom. The number of nitrogens with one attached hydrogen (secondary N) is 2. The molecule has 0 spiro atoms. The summed E-state index contributed by atoms with van der Waals surface area (Å²) in [5.41, 5.74) is 0.523. The average molecular weight is 289 g/mol. The Morgan fingerprint density at radius 2 is 2.37 bits per heavy atom. The van der Waals surface area contributed by atoms with Gasteiger partial charge in [0.2, 0.25) is 5.91 Å². The number of hydrogen-bond acceptors (Lipinski definition) is 3. The highest BCUT2D eigenvalue weighted by atomic mass is 35.5. The molecule has 1 saturated heterocycles. The lowest BCUT2D eigenvalue weighted by Gasteiger charge is -2.13. The van der Waals surface area contributed by atoms with Crippen LogP contribution in [0.1, 0.15) is 13.3 Å². The van der Waals surface area contributed by atoms with Crippen molar-refractivity contribution in [2.75, 3.05) is 25.0 Å². The van der Waals surface area contributed by atoms with Crippen molar-refractivity contribution in [2.45, 2.75) is 13.3 Å². The minimum Gasteiger partial charge on any atom is -0.492 e. The molecule has 1 aliphatic heterocycles. The molecule has 0 bridgehead atoms. The summed E-state index contributed by atoms with van der Waals surface area (Å²) in [6, 6.07) is 4.12. The van der Waals surface area contributed by atoms with Gasteiger partial charge in [0, 0.05) is 12.6 Å². The predicted octanol–water partition coefficient (Wildman–Crippen LogP) is 2.19. The highest BCUT2D eigenvalue weighted by Crippen LogP contribution is 2.26. The second kappa shape index (κ2) is 7.31. The van der Waals surface area contributed by atoms with Crippen LogP contribution < -0.4 is 15.4 Å². The zero-order chi connectivity index (χ0) is 13.0. The van der Waals surface area contributed by atoms with E-state index >= 15 is 0 Å². The first kappa shape index (κ1) is 15.7. The molecule has 19 heavy (non-hydrogen) atoms. The number of halogens is 2. The number of rotatable bonds is 4. The predicted molar refractivity (Wildman–Crippen MR) is 74.4 cm³/mol. The number of benzene rings is 1. The van der Waals surface area contributed by atoms with Gasteiger partial charge in [-0.1, -0.05) is 0 Å². The van der Waals surface area contributed by atoms with Crippen molar-refractivity contribution in [3.05, 3.63) is 24.0 Å². The maximum atomic E-state index is 13.1. The monoisotopic (exact) mass is 288 g/mol. The fourth-order valence-corrected chi connectivity index (χ4v) is 1.99. The molecule has 1 amide bonds. The molecule has 0 saturated carbocycles. The maximum Gasteiger partial charge on any atom is 0.228 e. The van der Waals surface area contributed by atoms with Crippen LogP contribution in [0.5, 0.6) is 5.75 Å². The van der Waals surface area contributed by atoms with E-state index in [1.807, 2.05) is 6.92 Å². The molecule has 106 valence electrons. The largest absolute Gasteiger partial charge is 0.492 e. The van der Waals surface area contributed by atoms with Gasteiger partial charge in [0.15, 0.2) is 0 Å². The normalized spacial score (nSPS) is 17.7. The molecule has 1 heterocycles. The first-order valence-corrected chi connectivity index (χ1v) is 6.14. The Hall–Kier alpha value is -1.33.